The van der Waals surface area contributed by atoms with Crippen LogP contribution in [0.25, 0.3) is 0 Å². The molecule has 0 aliphatic carbocycles. The molecule has 23 heavy (non-hydrogen) atoms. The predicted octanol–water partition coefficient (Wildman–Crippen LogP) is -3.25. The van der Waals surface area contributed by atoms with Crippen molar-refractivity contribution in [2.45, 2.75) is 24.5 Å². The van der Waals surface area contributed by atoms with Crippen LogP contribution >= 0.6 is 0 Å². The summed E-state index contributed by atoms with van der Waals surface area (Å²) in [6, 6.07) is 8.97. The quantitative estimate of drug-likeness (QED) is 0.311. The molecule has 1 aromatic rings. The van der Waals surface area contributed by atoms with Gasteiger partial charge in [0.05, 0.1) is 12.8 Å². The Morgan fingerprint density at radius 3 is 2.39 bits per heavy atom. The minimum atomic E-state index is -4.96. The van der Waals surface area contributed by atoms with Gasteiger partial charge < -0.3 is 9.39 Å². The summed E-state index contributed by atoms with van der Waals surface area (Å²) in [5.74, 6) is -3.22. The van der Waals surface area contributed by atoms with E-state index in [1.165, 1.54) is 0 Å². The first-order chi connectivity index (χ1) is 10.3. The average molecular weight is 349 g/mol. The van der Waals surface area contributed by atoms with E-state index in [1.807, 2.05) is 6.07 Å². The summed E-state index contributed by atoms with van der Waals surface area (Å²) in [5.41, 5.74) is 0.860. The Bertz CT molecular complexity index is 704. The number of rotatable bonds is 5. The molecule has 2 amide bonds. The number of carbonyl (C=O) groups is 3. The van der Waals surface area contributed by atoms with Crippen LogP contribution in [0.1, 0.15) is 18.4 Å². The van der Waals surface area contributed by atoms with Crippen LogP contribution in [0.2, 0.25) is 0 Å². The molecule has 0 radical (unpaired) electrons. The van der Waals surface area contributed by atoms with Crippen molar-refractivity contribution in [2.24, 2.45) is 0 Å². The van der Waals surface area contributed by atoms with Gasteiger partial charge in [-0.25, -0.2) is 13.2 Å². The number of hydrogen-bond donors (Lipinski definition) is 0. The number of hydroxylamine groups is 2. The van der Waals surface area contributed by atoms with E-state index in [0.717, 1.165) is 5.56 Å². The third-order valence-corrected chi connectivity index (χ3v) is 4.13. The van der Waals surface area contributed by atoms with E-state index in [1.54, 1.807) is 24.3 Å². The van der Waals surface area contributed by atoms with Gasteiger partial charge in [-0.15, -0.1) is 5.06 Å². The fraction of sp³-hybridized carbons (Fsp3) is 0.308. The predicted molar refractivity (Wildman–Crippen MR) is 70.8 cm³/mol. The van der Waals surface area contributed by atoms with Crippen LogP contribution in [-0.4, -0.2) is 41.1 Å². The Morgan fingerprint density at radius 1 is 1.26 bits per heavy atom. The molecule has 0 saturated carbocycles. The third kappa shape index (κ3) is 5.11. The monoisotopic (exact) mass is 349 g/mol. The van der Waals surface area contributed by atoms with E-state index in [9.17, 15) is 27.4 Å². The number of amides is 2. The molecule has 0 bridgehead atoms. The SMILES string of the molecule is O=C(CCc1ccccc1)ON1C(=O)CC(S(=O)(=O)[O-])C1=O.[Na+]. The minimum absolute atomic E-state index is 0. The fourth-order valence-electron chi connectivity index (χ4n) is 1.94. The molecule has 118 valence electrons. The minimum Gasteiger partial charge on any atom is -0.747 e. The summed E-state index contributed by atoms with van der Waals surface area (Å²) in [4.78, 5) is 39.3. The molecule has 2 rings (SSSR count). The van der Waals surface area contributed by atoms with Crippen LogP contribution in [-0.2, 0) is 35.8 Å². The first-order valence-electron chi connectivity index (χ1n) is 6.35. The molecule has 0 spiro atoms. The van der Waals surface area contributed by atoms with Crippen molar-refractivity contribution in [2.75, 3.05) is 0 Å². The second-order valence-corrected chi connectivity index (χ2v) is 6.22. The van der Waals surface area contributed by atoms with Crippen LogP contribution < -0.4 is 29.6 Å². The molecule has 1 unspecified atom stereocenters. The molecule has 1 atom stereocenters. The molecule has 1 saturated heterocycles. The Hall–Kier alpha value is -1.26. The van der Waals surface area contributed by atoms with Crippen molar-refractivity contribution in [3.8, 4) is 0 Å². The maximum absolute atomic E-state index is 11.6. The summed E-state index contributed by atoms with van der Waals surface area (Å²) in [6.07, 6.45) is -0.578. The maximum Gasteiger partial charge on any atom is 1.00 e. The third-order valence-electron chi connectivity index (χ3n) is 3.06. The number of imide groups is 1. The molecule has 1 heterocycles. The number of hydrogen-bond acceptors (Lipinski definition) is 7. The first-order valence-corrected chi connectivity index (χ1v) is 7.82. The summed E-state index contributed by atoms with van der Waals surface area (Å²) in [7, 11) is -4.96. The van der Waals surface area contributed by atoms with E-state index in [4.69, 9.17) is 0 Å². The van der Waals surface area contributed by atoms with Crippen LogP contribution in [0.3, 0.4) is 0 Å². The second kappa shape index (κ2) is 8.02. The molecule has 1 aliphatic rings. The van der Waals surface area contributed by atoms with Gasteiger partial charge in [0.1, 0.15) is 15.4 Å². The van der Waals surface area contributed by atoms with Gasteiger partial charge in [0.15, 0.2) is 0 Å². The van der Waals surface area contributed by atoms with Gasteiger partial charge in [0.2, 0.25) is 0 Å². The Balaban J connectivity index is 0.00000264. The molecule has 10 heteroatoms. The normalized spacial score (nSPS) is 17.8. The van der Waals surface area contributed by atoms with Crippen molar-refractivity contribution in [3.63, 3.8) is 0 Å². The van der Waals surface area contributed by atoms with E-state index >= 15 is 0 Å². The Labute approximate surface area is 154 Å². The summed E-state index contributed by atoms with van der Waals surface area (Å²) >= 11 is 0. The van der Waals surface area contributed by atoms with E-state index in [2.05, 4.69) is 4.84 Å². The Morgan fingerprint density at radius 2 is 1.87 bits per heavy atom. The molecule has 1 fully saturated rings. The van der Waals surface area contributed by atoms with E-state index in [-0.39, 0.29) is 41.0 Å². The van der Waals surface area contributed by atoms with E-state index in [0.29, 0.717) is 6.42 Å². The largest absolute Gasteiger partial charge is 1.00 e. The number of carbonyl (C=O) groups excluding carboxylic acids is 3. The molecule has 0 aromatic heterocycles. The van der Waals surface area contributed by atoms with Gasteiger partial charge in [-0.3, -0.25) is 9.59 Å². The van der Waals surface area contributed by atoms with Crippen molar-refractivity contribution < 1.29 is 61.7 Å². The van der Waals surface area contributed by atoms with Gasteiger partial charge >= 0.3 is 35.5 Å². The second-order valence-electron chi connectivity index (χ2n) is 4.66. The summed E-state index contributed by atoms with van der Waals surface area (Å²) in [5, 5.41) is -1.96. The van der Waals surface area contributed by atoms with Crippen molar-refractivity contribution >= 4 is 27.9 Å². The standard InChI is InChI=1S/C13H13NO7S.Na/c15-11-8-10(22(18,19)20)13(17)14(11)21-12(16)7-6-9-4-2-1-3-5-9;/h1-5,10H,6-8H2,(H,18,19,20);/q;+1/p-1. The van der Waals surface area contributed by atoms with Gasteiger partial charge in [0, 0.05) is 0 Å². The van der Waals surface area contributed by atoms with Gasteiger partial charge in [-0.2, -0.15) is 0 Å². The molecule has 0 N–H and O–H groups in total. The molecule has 1 aromatic carbocycles. The molecular formula is C13H12NNaO7S. The molecular weight excluding hydrogens is 337 g/mol. The van der Waals surface area contributed by atoms with Crippen LogP contribution in [0, 0.1) is 0 Å². The zero-order chi connectivity index (χ0) is 16.3. The first kappa shape index (κ1) is 19.8. The van der Waals surface area contributed by atoms with E-state index < -0.39 is 39.6 Å². The molecule has 1 aliphatic heterocycles. The van der Waals surface area contributed by atoms with Crippen LogP contribution in [0.5, 0.6) is 0 Å². The smallest absolute Gasteiger partial charge is 0.747 e. The zero-order valence-corrected chi connectivity index (χ0v) is 15.1. The van der Waals surface area contributed by atoms with Crippen molar-refractivity contribution in [1.29, 1.82) is 0 Å². The summed E-state index contributed by atoms with van der Waals surface area (Å²) < 4.78 is 32.5. The van der Waals surface area contributed by atoms with Gasteiger partial charge in [0.25, 0.3) is 11.8 Å². The number of nitrogens with zero attached hydrogens (tertiary/aromatic N) is 1. The Kier molecular flexibility index (Phi) is 6.90. The summed E-state index contributed by atoms with van der Waals surface area (Å²) in [6.45, 7) is 0. The topological polar surface area (TPSA) is 121 Å². The molecule has 8 nitrogen and oxygen atoms in total. The zero-order valence-electron chi connectivity index (χ0n) is 12.3. The van der Waals surface area contributed by atoms with Crippen molar-refractivity contribution in [3.05, 3.63) is 35.9 Å². The van der Waals surface area contributed by atoms with Gasteiger partial charge in [-0.1, -0.05) is 30.3 Å². The number of aryl methyl sites for hydroxylation is 1. The van der Waals surface area contributed by atoms with Gasteiger partial charge in [-0.05, 0) is 12.0 Å². The van der Waals surface area contributed by atoms with Crippen molar-refractivity contribution in [1.82, 2.24) is 5.06 Å². The van der Waals surface area contributed by atoms with Crippen LogP contribution in [0.4, 0.5) is 0 Å². The maximum atomic E-state index is 11.6. The van der Waals surface area contributed by atoms with Crippen LogP contribution in [0.15, 0.2) is 30.3 Å². The fourth-order valence-corrected chi connectivity index (χ4v) is 2.63. The average Bonchev–Trinajstić information content (AvgIpc) is 2.74. The number of benzene rings is 1.